The van der Waals surface area contributed by atoms with Gasteiger partial charge in [-0.25, -0.2) is 0 Å². The van der Waals surface area contributed by atoms with Gasteiger partial charge >= 0.3 is 0 Å². The molecule has 130 valence electrons. The van der Waals surface area contributed by atoms with Crippen molar-refractivity contribution in [1.82, 2.24) is 0 Å². The number of hydrogen-bond acceptors (Lipinski definition) is 0. The second kappa shape index (κ2) is 15.1. The summed E-state index contributed by atoms with van der Waals surface area (Å²) in [5.74, 6) is 2.26. The average molecular weight is 307 g/mol. The molecule has 3 unspecified atom stereocenters. The molecule has 0 heterocycles. The minimum absolute atomic E-state index is 0.580. The zero-order valence-corrected chi connectivity index (χ0v) is 16.5. The highest BCUT2D eigenvalue weighted by atomic mass is 14.2. The Morgan fingerprint density at radius 3 is 1.91 bits per heavy atom. The van der Waals surface area contributed by atoms with Crippen LogP contribution in [0.4, 0.5) is 0 Å². The third-order valence-corrected chi connectivity index (χ3v) is 4.66. The molecule has 0 heteroatoms. The highest BCUT2D eigenvalue weighted by Gasteiger charge is 2.13. The van der Waals surface area contributed by atoms with Crippen LogP contribution >= 0.6 is 0 Å². The first-order valence-corrected chi connectivity index (χ1v) is 9.46. The number of hydrogen-bond donors (Lipinski definition) is 0. The van der Waals surface area contributed by atoms with Crippen LogP contribution in [0.25, 0.3) is 0 Å². The summed E-state index contributed by atoms with van der Waals surface area (Å²) in [5, 5.41) is 0. The lowest BCUT2D eigenvalue weighted by Crippen LogP contribution is -2.10. The summed E-state index contributed by atoms with van der Waals surface area (Å²) in [6, 6.07) is 0. The van der Waals surface area contributed by atoms with Gasteiger partial charge in [0.25, 0.3) is 0 Å². The quantitative estimate of drug-likeness (QED) is 0.339. The molecule has 0 nitrogen and oxygen atoms in total. The van der Waals surface area contributed by atoms with Crippen LogP contribution < -0.4 is 0 Å². The van der Waals surface area contributed by atoms with E-state index in [1.807, 2.05) is 13.8 Å². The van der Waals surface area contributed by atoms with E-state index in [1.165, 1.54) is 43.3 Å². The highest BCUT2D eigenvalue weighted by Crippen LogP contribution is 2.26. The fourth-order valence-electron chi connectivity index (χ4n) is 2.30. The van der Waals surface area contributed by atoms with E-state index >= 15 is 0 Å². The molecule has 0 bridgehead atoms. The molecule has 0 spiro atoms. The first-order chi connectivity index (χ1) is 10.4. The third kappa shape index (κ3) is 11.8. The van der Waals surface area contributed by atoms with Gasteiger partial charge in [0.2, 0.25) is 0 Å². The number of rotatable bonds is 11. The molecule has 0 amide bonds. The molecular formula is C22H42. The Hall–Kier alpha value is -0.780. The lowest BCUT2D eigenvalue weighted by molar-refractivity contribution is 0.318. The molecule has 0 aromatic rings. The van der Waals surface area contributed by atoms with Crippen LogP contribution in [0.15, 0.2) is 36.5 Å². The van der Waals surface area contributed by atoms with E-state index in [0.29, 0.717) is 5.92 Å². The SMILES string of the molecule is C=C(/C=C\C(=C)C(C)CCC(C)C(C)CCCC)CC.CC. The summed E-state index contributed by atoms with van der Waals surface area (Å²) >= 11 is 0. The van der Waals surface area contributed by atoms with Crippen molar-refractivity contribution in [2.24, 2.45) is 17.8 Å². The monoisotopic (exact) mass is 306 g/mol. The van der Waals surface area contributed by atoms with Crippen LogP contribution in [-0.2, 0) is 0 Å². The maximum absolute atomic E-state index is 4.21. The van der Waals surface area contributed by atoms with Gasteiger partial charge in [0, 0.05) is 0 Å². The van der Waals surface area contributed by atoms with Gasteiger partial charge in [-0.15, -0.1) is 0 Å². The first kappa shape index (κ1) is 23.5. The summed E-state index contributed by atoms with van der Waals surface area (Å²) in [6.07, 6.45) is 11.9. The van der Waals surface area contributed by atoms with E-state index in [0.717, 1.165) is 18.3 Å². The van der Waals surface area contributed by atoms with Crippen molar-refractivity contribution < 1.29 is 0 Å². The van der Waals surface area contributed by atoms with Crippen LogP contribution in [0.2, 0.25) is 0 Å². The summed E-state index contributed by atoms with van der Waals surface area (Å²) in [5.41, 5.74) is 2.42. The van der Waals surface area contributed by atoms with E-state index in [-0.39, 0.29) is 0 Å². The van der Waals surface area contributed by atoms with Gasteiger partial charge in [-0.2, -0.15) is 0 Å². The Labute approximate surface area is 141 Å². The maximum Gasteiger partial charge on any atom is -0.0196 e. The van der Waals surface area contributed by atoms with Gasteiger partial charge < -0.3 is 0 Å². The Kier molecular flexibility index (Phi) is 16.2. The zero-order chi connectivity index (χ0) is 17.5. The van der Waals surface area contributed by atoms with E-state index in [2.05, 4.69) is 59.9 Å². The summed E-state index contributed by atoms with van der Waals surface area (Å²) in [7, 11) is 0. The molecule has 0 rings (SSSR count). The van der Waals surface area contributed by atoms with Gasteiger partial charge in [0.15, 0.2) is 0 Å². The lowest BCUT2D eigenvalue weighted by Gasteiger charge is -2.21. The van der Waals surface area contributed by atoms with Gasteiger partial charge in [0.1, 0.15) is 0 Å². The van der Waals surface area contributed by atoms with Crippen LogP contribution in [0.1, 0.15) is 87.0 Å². The molecule has 0 saturated heterocycles. The summed E-state index contributed by atoms with van der Waals surface area (Å²) < 4.78 is 0. The Bertz CT molecular complexity index is 308. The van der Waals surface area contributed by atoms with Crippen molar-refractivity contribution >= 4 is 0 Å². The molecule has 0 aromatic heterocycles. The molecule has 0 radical (unpaired) electrons. The van der Waals surface area contributed by atoms with E-state index < -0.39 is 0 Å². The molecule has 0 N–H and O–H groups in total. The van der Waals surface area contributed by atoms with Crippen LogP contribution in [0.5, 0.6) is 0 Å². The molecule has 0 saturated carbocycles. The Morgan fingerprint density at radius 1 is 0.864 bits per heavy atom. The van der Waals surface area contributed by atoms with E-state index in [4.69, 9.17) is 0 Å². The van der Waals surface area contributed by atoms with Crippen LogP contribution in [0, 0.1) is 17.8 Å². The predicted octanol–water partition coefficient (Wildman–Crippen LogP) is 7.97. The number of unbranched alkanes of at least 4 members (excludes halogenated alkanes) is 1. The van der Waals surface area contributed by atoms with Crippen LogP contribution in [0.3, 0.4) is 0 Å². The van der Waals surface area contributed by atoms with Crippen molar-refractivity contribution in [3.8, 4) is 0 Å². The molecular weight excluding hydrogens is 264 g/mol. The standard InChI is InChI=1S/C20H36.C2H6/c1-8-10-11-17(4)19(6)14-15-20(7)18(5)13-12-16(3)9-2;1-2/h12-13,17,19-20H,3,5,8-11,14-15H2,1-2,4,6-7H3;1-2H3/b13-12-;. The summed E-state index contributed by atoms with van der Waals surface area (Å²) in [4.78, 5) is 0. The minimum Gasteiger partial charge on any atom is -0.0958 e. The normalized spacial score (nSPS) is 14.9. The first-order valence-electron chi connectivity index (χ1n) is 9.46. The minimum atomic E-state index is 0.580. The van der Waals surface area contributed by atoms with Crippen molar-refractivity contribution in [2.75, 3.05) is 0 Å². The van der Waals surface area contributed by atoms with E-state index in [1.54, 1.807) is 0 Å². The van der Waals surface area contributed by atoms with Crippen LogP contribution in [-0.4, -0.2) is 0 Å². The molecule has 22 heavy (non-hydrogen) atoms. The fraction of sp³-hybridized carbons (Fsp3) is 0.727. The second-order valence-corrected chi connectivity index (χ2v) is 6.50. The number of allylic oxidation sites excluding steroid dienone is 4. The third-order valence-electron chi connectivity index (χ3n) is 4.66. The van der Waals surface area contributed by atoms with Crippen molar-refractivity contribution in [3.63, 3.8) is 0 Å². The molecule has 0 aromatic carbocycles. The Balaban J connectivity index is 0. The van der Waals surface area contributed by atoms with Gasteiger partial charge in [-0.3, -0.25) is 0 Å². The predicted molar refractivity (Wildman–Crippen MR) is 105 cm³/mol. The molecule has 0 fully saturated rings. The smallest absolute Gasteiger partial charge is 0.0196 e. The molecule has 0 aliphatic heterocycles. The van der Waals surface area contributed by atoms with Crippen molar-refractivity contribution in [1.29, 1.82) is 0 Å². The van der Waals surface area contributed by atoms with Gasteiger partial charge in [-0.05, 0) is 37.0 Å². The van der Waals surface area contributed by atoms with Crippen molar-refractivity contribution in [2.45, 2.75) is 87.0 Å². The second-order valence-electron chi connectivity index (χ2n) is 6.50. The maximum atomic E-state index is 4.21. The summed E-state index contributed by atoms with van der Waals surface area (Å²) in [6.45, 7) is 23.7. The molecule has 3 atom stereocenters. The molecule has 0 aliphatic rings. The fourth-order valence-corrected chi connectivity index (χ4v) is 2.30. The van der Waals surface area contributed by atoms with E-state index in [9.17, 15) is 0 Å². The largest absolute Gasteiger partial charge is 0.0958 e. The van der Waals surface area contributed by atoms with Gasteiger partial charge in [0.05, 0.1) is 0 Å². The van der Waals surface area contributed by atoms with Gasteiger partial charge in [-0.1, -0.05) is 104 Å². The zero-order valence-electron chi connectivity index (χ0n) is 16.5. The highest BCUT2D eigenvalue weighted by molar-refractivity contribution is 5.25. The lowest BCUT2D eigenvalue weighted by atomic mass is 9.84. The topological polar surface area (TPSA) is 0 Å². The average Bonchev–Trinajstić information content (AvgIpc) is 2.55. The Morgan fingerprint density at radius 2 is 1.41 bits per heavy atom. The van der Waals surface area contributed by atoms with Crippen molar-refractivity contribution in [3.05, 3.63) is 36.5 Å². The molecule has 0 aliphatic carbocycles.